The topological polar surface area (TPSA) is 131 Å². The number of hydrogen-bond donors (Lipinski definition) is 2. The lowest BCUT2D eigenvalue weighted by atomic mass is 9.97. The Kier molecular flexibility index (Phi) is 8.83. The summed E-state index contributed by atoms with van der Waals surface area (Å²) in [6, 6.07) is 21.0. The summed E-state index contributed by atoms with van der Waals surface area (Å²) in [5, 5.41) is 7.53. The molecular weight excluding hydrogens is 490 g/mol. The summed E-state index contributed by atoms with van der Waals surface area (Å²) in [6.45, 7) is 4.94. The van der Waals surface area contributed by atoms with Crippen LogP contribution in [0.1, 0.15) is 45.7 Å². The van der Waals surface area contributed by atoms with Gasteiger partial charge in [-0.15, -0.1) is 0 Å². The Bertz CT molecular complexity index is 1390. The van der Waals surface area contributed by atoms with Crippen molar-refractivity contribution in [2.45, 2.75) is 20.3 Å². The summed E-state index contributed by atoms with van der Waals surface area (Å²) in [6.07, 6.45) is 1.39. The summed E-state index contributed by atoms with van der Waals surface area (Å²) >= 11 is 0. The van der Waals surface area contributed by atoms with Crippen LogP contribution in [0.4, 0.5) is 0 Å². The molecule has 0 aromatic heterocycles. The van der Waals surface area contributed by atoms with Crippen molar-refractivity contribution in [1.29, 1.82) is 5.41 Å². The van der Waals surface area contributed by atoms with E-state index in [1.165, 1.54) is 6.07 Å². The predicted octanol–water partition coefficient (Wildman–Crippen LogP) is 4.09. The highest BCUT2D eigenvalue weighted by Crippen LogP contribution is 2.27. The molecule has 3 rings (SSSR count). The molecule has 0 aliphatic rings. The minimum atomic E-state index is -4.05. The second kappa shape index (κ2) is 11.8. The van der Waals surface area contributed by atoms with Crippen molar-refractivity contribution in [3.8, 4) is 11.1 Å². The second-order valence-corrected chi connectivity index (χ2v) is 10.8. The Hall–Kier alpha value is -3.98. The molecule has 0 bridgehead atoms. The smallest absolute Gasteiger partial charge is 0.354 e. The number of amidine groups is 1. The normalized spacial score (nSPS) is 11.2. The van der Waals surface area contributed by atoms with Gasteiger partial charge in [0.05, 0.1) is 11.8 Å². The first-order valence-corrected chi connectivity index (χ1v) is 13.6. The van der Waals surface area contributed by atoms with Crippen molar-refractivity contribution >= 4 is 27.8 Å². The number of nitrogen functional groups attached to an aromatic ring is 1. The third kappa shape index (κ3) is 7.75. The van der Waals surface area contributed by atoms with Crippen molar-refractivity contribution in [2.75, 3.05) is 19.3 Å². The number of amides is 1. The molecule has 0 aliphatic heterocycles. The van der Waals surface area contributed by atoms with Crippen molar-refractivity contribution < 1.29 is 22.2 Å². The highest BCUT2D eigenvalue weighted by Gasteiger charge is 2.23. The van der Waals surface area contributed by atoms with Crippen molar-refractivity contribution in [1.82, 2.24) is 4.90 Å². The van der Waals surface area contributed by atoms with Gasteiger partial charge in [-0.1, -0.05) is 74.5 Å². The second-order valence-electron chi connectivity index (χ2n) is 9.21. The molecule has 0 saturated heterocycles. The SMILES string of the molecule is CC(C)CN(CCc1ccc(C(=N)N)cc1)C(=O)c1ccc(-c2ccccc2)c(C(=O)OS(C)(=O)=O)c1. The summed E-state index contributed by atoms with van der Waals surface area (Å²) in [5.41, 5.74) is 8.55. The van der Waals surface area contributed by atoms with Crippen molar-refractivity contribution in [2.24, 2.45) is 11.7 Å². The molecule has 0 atom stereocenters. The van der Waals surface area contributed by atoms with E-state index in [9.17, 15) is 18.0 Å². The fourth-order valence-corrected chi connectivity index (χ4v) is 4.28. The Morgan fingerprint density at radius 2 is 1.59 bits per heavy atom. The highest BCUT2D eigenvalue weighted by molar-refractivity contribution is 7.86. The number of carbonyl (C=O) groups excluding carboxylic acids is 2. The van der Waals surface area contributed by atoms with Gasteiger partial charge in [-0.2, -0.15) is 8.42 Å². The number of nitrogens with two attached hydrogens (primary N) is 1. The van der Waals surface area contributed by atoms with Gasteiger partial charge in [0.2, 0.25) is 0 Å². The number of carbonyl (C=O) groups is 2. The maximum Gasteiger partial charge on any atom is 0.354 e. The average Bonchev–Trinajstić information content (AvgIpc) is 2.85. The van der Waals surface area contributed by atoms with Crippen LogP contribution in [0.25, 0.3) is 11.1 Å². The first kappa shape index (κ1) is 27.6. The van der Waals surface area contributed by atoms with Crippen LogP contribution in [0.2, 0.25) is 0 Å². The zero-order valence-corrected chi connectivity index (χ0v) is 21.9. The number of benzene rings is 3. The van der Waals surface area contributed by atoms with E-state index in [0.717, 1.165) is 11.8 Å². The Morgan fingerprint density at radius 3 is 2.16 bits per heavy atom. The fraction of sp³-hybridized carbons (Fsp3) is 0.250. The molecule has 37 heavy (non-hydrogen) atoms. The maximum absolute atomic E-state index is 13.6. The first-order chi connectivity index (χ1) is 17.4. The lowest BCUT2D eigenvalue weighted by Gasteiger charge is -2.25. The van der Waals surface area contributed by atoms with E-state index in [2.05, 4.69) is 4.18 Å². The zero-order valence-electron chi connectivity index (χ0n) is 21.1. The fourth-order valence-electron chi connectivity index (χ4n) is 3.91. The van der Waals surface area contributed by atoms with Crippen LogP contribution >= 0.6 is 0 Å². The van der Waals surface area contributed by atoms with Gasteiger partial charge in [-0.25, -0.2) is 4.79 Å². The molecular formula is C28H31N3O5S. The molecule has 9 heteroatoms. The third-order valence-electron chi connectivity index (χ3n) is 5.61. The van der Waals surface area contributed by atoms with Gasteiger partial charge in [0.15, 0.2) is 0 Å². The monoisotopic (exact) mass is 521 g/mol. The Balaban J connectivity index is 1.92. The van der Waals surface area contributed by atoms with Crippen LogP contribution in [0.3, 0.4) is 0 Å². The average molecular weight is 522 g/mol. The molecule has 3 N–H and O–H groups in total. The molecule has 0 aliphatic carbocycles. The molecule has 8 nitrogen and oxygen atoms in total. The van der Waals surface area contributed by atoms with Gasteiger partial charge in [-0.3, -0.25) is 10.2 Å². The van der Waals surface area contributed by atoms with E-state index >= 15 is 0 Å². The van der Waals surface area contributed by atoms with Gasteiger partial charge in [0.25, 0.3) is 5.91 Å². The van der Waals surface area contributed by atoms with Gasteiger partial charge in [-0.05, 0) is 41.2 Å². The predicted molar refractivity (Wildman–Crippen MR) is 144 cm³/mol. The third-order valence-corrected chi connectivity index (χ3v) is 6.06. The molecule has 0 radical (unpaired) electrons. The van der Waals surface area contributed by atoms with Gasteiger partial charge >= 0.3 is 16.1 Å². The molecule has 0 saturated carbocycles. The number of hydrogen-bond acceptors (Lipinski definition) is 6. The van der Waals surface area contributed by atoms with E-state index < -0.39 is 16.1 Å². The number of rotatable bonds is 10. The Morgan fingerprint density at radius 1 is 0.973 bits per heavy atom. The molecule has 0 fully saturated rings. The van der Waals surface area contributed by atoms with E-state index in [-0.39, 0.29) is 28.8 Å². The van der Waals surface area contributed by atoms with Gasteiger partial charge in [0, 0.05) is 24.2 Å². The van der Waals surface area contributed by atoms with Crippen LogP contribution in [0, 0.1) is 11.3 Å². The van der Waals surface area contributed by atoms with E-state index in [1.807, 2.05) is 32.0 Å². The highest BCUT2D eigenvalue weighted by atomic mass is 32.2. The van der Waals surface area contributed by atoms with Crippen LogP contribution in [-0.4, -0.2) is 50.4 Å². The van der Waals surface area contributed by atoms with E-state index in [1.54, 1.807) is 53.4 Å². The molecule has 0 unspecified atom stereocenters. The van der Waals surface area contributed by atoms with Crippen LogP contribution < -0.4 is 5.73 Å². The summed E-state index contributed by atoms with van der Waals surface area (Å²) in [7, 11) is -4.05. The standard InChI is InChI=1S/C28H31N3O5S/c1-19(2)18-31(16-15-20-9-11-22(12-10-20)26(29)30)27(32)23-13-14-24(21-7-5-4-6-8-21)25(17-23)28(33)36-37(3,34)35/h4-14,17,19H,15-16,18H2,1-3H3,(H3,29,30). The zero-order chi connectivity index (χ0) is 27.2. The lowest BCUT2D eigenvalue weighted by Crippen LogP contribution is -2.36. The molecule has 0 heterocycles. The maximum atomic E-state index is 13.6. The molecule has 0 spiro atoms. The van der Waals surface area contributed by atoms with Crippen molar-refractivity contribution in [3.05, 3.63) is 95.1 Å². The minimum Gasteiger partial charge on any atom is -0.384 e. The summed E-state index contributed by atoms with van der Waals surface area (Å²) < 4.78 is 28.0. The van der Waals surface area contributed by atoms with Gasteiger partial charge in [0.1, 0.15) is 5.84 Å². The molecule has 3 aromatic rings. The van der Waals surface area contributed by atoms with E-state index in [0.29, 0.717) is 36.2 Å². The van der Waals surface area contributed by atoms with Gasteiger partial charge < -0.3 is 14.8 Å². The van der Waals surface area contributed by atoms with Crippen LogP contribution in [0.15, 0.2) is 72.8 Å². The molecule has 194 valence electrons. The quantitative estimate of drug-likeness (QED) is 0.235. The van der Waals surface area contributed by atoms with Crippen molar-refractivity contribution in [3.63, 3.8) is 0 Å². The molecule has 1 amide bonds. The first-order valence-electron chi connectivity index (χ1n) is 11.8. The minimum absolute atomic E-state index is 0.00712. The molecule has 3 aromatic carbocycles. The number of nitrogens with zero attached hydrogens (tertiary/aromatic N) is 1. The van der Waals surface area contributed by atoms with Crippen LogP contribution in [-0.2, 0) is 20.7 Å². The Labute approximate surface area is 217 Å². The van der Waals surface area contributed by atoms with E-state index in [4.69, 9.17) is 11.1 Å². The summed E-state index contributed by atoms with van der Waals surface area (Å²) in [4.78, 5) is 28.1. The number of nitrogens with one attached hydrogen (secondary N) is 1. The largest absolute Gasteiger partial charge is 0.384 e. The van der Waals surface area contributed by atoms with Crippen LogP contribution in [0.5, 0.6) is 0 Å². The summed E-state index contributed by atoms with van der Waals surface area (Å²) in [5.74, 6) is -1.13. The lowest BCUT2D eigenvalue weighted by molar-refractivity contribution is 0.0738.